The van der Waals surface area contributed by atoms with E-state index in [-0.39, 0.29) is 54.8 Å². The number of nitrogens with zero attached hydrogens (tertiary/aromatic N) is 3. The monoisotopic (exact) mass is 914 g/mol. The van der Waals surface area contributed by atoms with Crippen LogP contribution in [0.25, 0.3) is 0 Å². The number of aryl methyl sites for hydroxylation is 1. The van der Waals surface area contributed by atoms with Crippen LogP contribution >= 0.6 is 11.8 Å². The van der Waals surface area contributed by atoms with Crippen molar-refractivity contribution in [1.82, 2.24) is 15.1 Å². The number of fused-ring (bicyclic) bond motifs is 9. The predicted octanol–water partition coefficient (Wildman–Crippen LogP) is 5.53. The Bertz CT molecular complexity index is 2500. The van der Waals surface area contributed by atoms with Gasteiger partial charge in [0.25, 0.3) is 0 Å². The summed E-state index contributed by atoms with van der Waals surface area (Å²) >= 11 is 1.44. The Hall–Kier alpha value is -5.42. The number of piperazine rings is 1. The Morgan fingerprint density at radius 3 is 2.57 bits per heavy atom. The summed E-state index contributed by atoms with van der Waals surface area (Å²) in [6, 6.07) is 5.04. The number of aliphatic hydroxyl groups excluding tert-OH is 1. The number of esters is 1. The zero-order chi connectivity index (χ0) is 46.3. The van der Waals surface area contributed by atoms with E-state index in [0.717, 1.165) is 16.7 Å². The van der Waals surface area contributed by atoms with Crippen LogP contribution in [-0.2, 0) is 37.4 Å². The Labute approximate surface area is 381 Å². The first kappa shape index (κ1) is 44.8. The van der Waals surface area contributed by atoms with Gasteiger partial charge in [-0.3, -0.25) is 15.1 Å². The number of phenols is 1. The molecule has 3 aromatic rings. The molecule has 3 N–H and O–H groups in total. The minimum Gasteiger partial charge on any atom is -0.504 e. The first-order valence-electron chi connectivity index (χ1n) is 21.5. The highest BCUT2D eigenvalue weighted by molar-refractivity contribution is 7.99. The highest BCUT2D eigenvalue weighted by atomic mass is 32.2. The number of aliphatic hydroxyl groups is 1. The van der Waals surface area contributed by atoms with Crippen molar-refractivity contribution in [3.05, 3.63) is 75.4 Å². The summed E-state index contributed by atoms with van der Waals surface area (Å²) in [6.07, 6.45) is 1.53. The zero-order valence-electron chi connectivity index (χ0n) is 37.6. The summed E-state index contributed by atoms with van der Waals surface area (Å²) in [4.78, 5) is 32.3. The van der Waals surface area contributed by atoms with E-state index >= 15 is 4.79 Å². The van der Waals surface area contributed by atoms with Gasteiger partial charge in [0.2, 0.25) is 6.79 Å². The average molecular weight is 915 g/mol. The van der Waals surface area contributed by atoms with E-state index in [1.165, 1.54) is 32.1 Å². The fourth-order valence-electron chi connectivity index (χ4n) is 10.8. The smallest absolute Gasteiger partial charge is 0.504 e. The van der Waals surface area contributed by atoms with Crippen LogP contribution in [0, 0.1) is 25.2 Å². The van der Waals surface area contributed by atoms with Crippen LogP contribution in [0.5, 0.6) is 40.2 Å². The number of benzene rings is 3. The maximum atomic E-state index is 15.1. The number of thioether (sulfide) groups is 1. The van der Waals surface area contributed by atoms with Crippen molar-refractivity contribution in [2.24, 2.45) is 0 Å². The topological polar surface area (TPSA) is 200 Å². The van der Waals surface area contributed by atoms with Crippen LogP contribution in [-0.4, -0.2) is 116 Å². The number of methoxy groups -OCH3 is 2. The van der Waals surface area contributed by atoms with Gasteiger partial charge in [-0.05, 0) is 88.9 Å². The number of hydrogen-bond acceptors (Lipinski definition) is 18. The lowest BCUT2D eigenvalue weighted by Gasteiger charge is -2.62. The molecule has 18 heteroatoms. The molecule has 7 aliphatic heterocycles. The minimum atomic E-state index is -1.72. The van der Waals surface area contributed by atoms with E-state index in [2.05, 4.69) is 27.8 Å². The van der Waals surface area contributed by atoms with Crippen molar-refractivity contribution < 1.29 is 62.4 Å². The molecule has 0 aromatic heterocycles. The lowest BCUT2D eigenvalue weighted by molar-refractivity contribution is -0.210. The van der Waals surface area contributed by atoms with Gasteiger partial charge in [-0.15, -0.1) is 18.3 Å². The van der Waals surface area contributed by atoms with E-state index < -0.39 is 59.2 Å². The van der Waals surface area contributed by atoms with Crippen molar-refractivity contribution in [3.63, 3.8) is 0 Å². The molecule has 4 bridgehead atoms. The largest absolute Gasteiger partial charge is 0.514 e. The molecule has 0 radical (unpaired) electrons. The molecular formula is C47H54N4O13S. The molecule has 0 saturated carbocycles. The van der Waals surface area contributed by atoms with Gasteiger partial charge in [-0.25, -0.2) is 9.59 Å². The van der Waals surface area contributed by atoms with Gasteiger partial charge in [0, 0.05) is 46.6 Å². The number of carbonyl (C=O) groups is 2. The third kappa shape index (κ3) is 7.18. The highest BCUT2D eigenvalue weighted by Crippen LogP contribution is 2.65. The number of carbonyl (C=O) groups excluding carboxylic acids is 2. The average Bonchev–Trinajstić information content (AvgIpc) is 3.75. The molecule has 17 nitrogen and oxygen atoms in total. The van der Waals surface area contributed by atoms with Crippen LogP contribution < -0.4 is 33.7 Å². The van der Waals surface area contributed by atoms with Gasteiger partial charge in [0.15, 0.2) is 40.0 Å². The molecule has 346 valence electrons. The van der Waals surface area contributed by atoms with Gasteiger partial charge >= 0.3 is 18.6 Å². The van der Waals surface area contributed by atoms with Crippen molar-refractivity contribution in [1.29, 1.82) is 5.26 Å². The van der Waals surface area contributed by atoms with Crippen molar-refractivity contribution in [3.8, 4) is 46.3 Å². The minimum absolute atomic E-state index is 0.00286. The maximum absolute atomic E-state index is 15.1. The number of phenolic OH excluding ortho intramolecular Hbond substituents is 1. The predicted molar refractivity (Wildman–Crippen MR) is 235 cm³/mol. The van der Waals surface area contributed by atoms with E-state index in [4.69, 9.17) is 42.6 Å². The van der Waals surface area contributed by atoms with Crippen molar-refractivity contribution in [2.45, 2.75) is 101 Å². The molecule has 7 aliphatic rings. The summed E-state index contributed by atoms with van der Waals surface area (Å²) in [6.45, 7) is 10.9. The summed E-state index contributed by atoms with van der Waals surface area (Å²) < 4.78 is 53.6. The van der Waals surface area contributed by atoms with Crippen LogP contribution in [0.1, 0.15) is 82.6 Å². The number of aromatic hydroxyl groups is 1. The third-order valence-electron chi connectivity index (χ3n) is 13.3. The normalized spacial score (nSPS) is 26.9. The standard InChI is InChI=1S/C47H54N4O13S/c1-10-13-58-44(54)63-39-23(3)40-41(61-21-60-40)33-29-19-59-43(53)47(26-17-30(56-8)31(16-24(26)11-12-49-47)62-45(55)64-46(4,5)6)20-65-42(34(33)39)36-35-32-25(14-22(2)38(57-9)37(32)52)15-27(50(35)7)28(18-48)51(29)36/h10,14,16-17,27-29,35-36,42,44,49,52,54H,1,11-13,15,19-21H2,2-9H3/t27-,28-,29-,35-,36?,42+,44?,47+/m0/s1. The Morgan fingerprint density at radius 2 is 1.86 bits per heavy atom. The lowest BCUT2D eigenvalue weighted by atomic mass is 9.71. The third-order valence-corrected chi connectivity index (χ3v) is 14.8. The Morgan fingerprint density at radius 1 is 1.09 bits per heavy atom. The second-order valence-corrected chi connectivity index (χ2v) is 19.2. The number of nitrogens with one attached hydrogen (secondary N) is 1. The fraction of sp³-hybridized carbons (Fsp3) is 0.511. The molecule has 2 fully saturated rings. The second-order valence-electron chi connectivity index (χ2n) is 18.1. The Kier molecular flexibility index (Phi) is 11.6. The van der Waals surface area contributed by atoms with E-state index in [0.29, 0.717) is 64.5 Å². The quantitative estimate of drug-likeness (QED) is 0.110. The van der Waals surface area contributed by atoms with Gasteiger partial charge in [0.1, 0.15) is 24.0 Å². The second kappa shape index (κ2) is 16.8. The van der Waals surface area contributed by atoms with E-state index in [1.54, 1.807) is 32.9 Å². The first-order chi connectivity index (χ1) is 31.1. The zero-order valence-corrected chi connectivity index (χ0v) is 38.5. The molecule has 2 saturated heterocycles. The molecule has 3 aromatic carbocycles. The number of rotatable bonds is 8. The summed E-state index contributed by atoms with van der Waals surface area (Å²) in [5.41, 5.74) is 3.16. The molecular weight excluding hydrogens is 861 g/mol. The van der Waals surface area contributed by atoms with Gasteiger partial charge in [-0.1, -0.05) is 12.1 Å². The number of ether oxygens (including phenoxy) is 9. The summed E-state index contributed by atoms with van der Waals surface area (Å²) in [5, 5.41) is 37.6. The number of hydrogen-bond donors (Lipinski definition) is 3. The molecule has 1 spiro atoms. The lowest BCUT2D eigenvalue weighted by Crippen LogP contribution is -2.69. The van der Waals surface area contributed by atoms with Crippen molar-refractivity contribution >= 4 is 23.9 Å². The van der Waals surface area contributed by atoms with Crippen LogP contribution in [0.4, 0.5) is 4.79 Å². The molecule has 8 atom stereocenters. The molecule has 65 heavy (non-hydrogen) atoms. The molecule has 10 rings (SSSR count). The SMILES string of the molecule is C=CCOC(O)Oc1c(C)c2c(c3c1[C@H]1SC[C@]4(NCCc5cc(OC(=O)OC(C)(C)C)c(OC)cc54)C(=O)OC[C@@H]3N3C1[C@@H]1c4c(cc(C)c(OC)c4O)C[C@@H]([C@@H]3C#N)N1C)OCO2. The molecule has 0 aliphatic carbocycles. The number of likely N-dealkylation sites (N-methyl/N-ethyl adjacent to an activating group) is 1. The van der Waals surface area contributed by atoms with Gasteiger partial charge in [-0.2, -0.15) is 5.26 Å². The molecule has 0 amide bonds. The summed E-state index contributed by atoms with van der Waals surface area (Å²) in [7, 11) is 4.95. The van der Waals surface area contributed by atoms with Crippen LogP contribution in [0.15, 0.2) is 30.9 Å². The molecule has 2 unspecified atom stereocenters. The number of nitriles is 1. The van der Waals surface area contributed by atoms with Gasteiger partial charge < -0.3 is 52.8 Å². The van der Waals surface area contributed by atoms with Crippen molar-refractivity contribution in [2.75, 3.05) is 53.6 Å². The first-order valence-corrected chi connectivity index (χ1v) is 22.6. The highest BCUT2D eigenvalue weighted by Gasteiger charge is 2.62. The van der Waals surface area contributed by atoms with Crippen LogP contribution in [0.2, 0.25) is 0 Å². The Balaban J connectivity index is 1.27. The van der Waals surface area contributed by atoms with E-state index in [1.807, 2.05) is 27.0 Å². The van der Waals surface area contributed by atoms with E-state index in [9.17, 15) is 20.3 Å². The fourth-order valence-corrected chi connectivity index (χ4v) is 12.5. The van der Waals surface area contributed by atoms with Crippen LogP contribution in [0.3, 0.4) is 0 Å². The summed E-state index contributed by atoms with van der Waals surface area (Å²) in [5.74, 6) is 1.33. The van der Waals surface area contributed by atoms with Gasteiger partial charge in [0.05, 0.1) is 44.2 Å². The maximum Gasteiger partial charge on any atom is 0.514 e. The molecule has 7 heterocycles.